The van der Waals surface area contributed by atoms with Crippen LogP contribution < -0.4 is 5.32 Å². The Hall–Kier alpha value is -0.190. The van der Waals surface area contributed by atoms with Crippen molar-refractivity contribution in [2.24, 2.45) is 0 Å². The SMILES string of the molecule is CC1(C)SCC1Nc1cc(Cl)nnc1Cl. The molecule has 0 amide bonds. The van der Waals surface area contributed by atoms with Crippen LogP contribution >= 0.6 is 35.0 Å². The number of thioether (sulfide) groups is 1. The molecule has 0 saturated carbocycles. The Balaban J connectivity index is 2.14. The maximum atomic E-state index is 5.91. The van der Waals surface area contributed by atoms with Gasteiger partial charge in [0.15, 0.2) is 10.3 Å². The van der Waals surface area contributed by atoms with Crippen LogP contribution in [-0.4, -0.2) is 26.7 Å². The lowest BCUT2D eigenvalue weighted by molar-refractivity contribution is 0.576. The minimum atomic E-state index is 0.235. The van der Waals surface area contributed by atoms with Crippen LogP contribution in [0, 0.1) is 0 Å². The molecule has 1 atom stereocenters. The predicted molar refractivity (Wildman–Crippen MR) is 66.0 cm³/mol. The summed E-state index contributed by atoms with van der Waals surface area (Å²) in [6, 6.07) is 2.11. The molecule has 2 heterocycles. The van der Waals surface area contributed by atoms with Crippen LogP contribution in [0.5, 0.6) is 0 Å². The van der Waals surface area contributed by atoms with E-state index in [2.05, 4.69) is 29.4 Å². The molecule has 2 rings (SSSR count). The van der Waals surface area contributed by atoms with Gasteiger partial charge in [0.05, 0.1) is 5.69 Å². The molecule has 1 fully saturated rings. The van der Waals surface area contributed by atoms with Crippen molar-refractivity contribution in [1.82, 2.24) is 10.2 Å². The first-order valence-corrected chi connectivity index (χ1v) is 6.32. The van der Waals surface area contributed by atoms with Gasteiger partial charge in [-0.2, -0.15) is 11.8 Å². The fraction of sp³-hybridized carbons (Fsp3) is 0.556. The van der Waals surface area contributed by atoms with Crippen molar-refractivity contribution in [1.29, 1.82) is 0 Å². The highest BCUT2D eigenvalue weighted by Gasteiger charge is 2.39. The molecule has 0 bridgehead atoms. The van der Waals surface area contributed by atoms with Gasteiger partial charge in [0.1, 0.15) is 0 Å². The van der Waals surface area contributed by atoms with E-state index in [-0.39, 0.29) is 4.75 Å². The second kappa shape index (κ2) is 4.00. The molecule has 82 valence electrons. The summed E-state index contributed by atoms with van der Waals surface area (Å²) in [6.45, 7) is 4.39. The molecule has 1 aromatic rings. The molecule has 0 aromatic carbocycles. The van der Waals surface area contributed by atoms with E-state index < -0.39 is 0 Å². The standard InChI is InChI=1S/C9H11Cl2N3S/c1-9(2)6(4-15-9)12-5-3-7(10)13-14-8(5)11/h3,6H,4H2,1-2H3,(H,12,13). The van der Waals surface area contributed by atoms with Crippen LogP contribution in [0.4, 0.5) is 5.69 Å². The van der Waals surface area contributed by atoms with Crippen molar-refractivity contribution < 1.29 is 0 Å². The van der Waals surface area contributed by atoms with Gasteiger partial charge in [0.25, 0.3) is 0 Å². The Morgan fingerprint density at radius 1 is 1.47 bits per heavy atom. The van der Waals surface area contributed by atoms with Gasteiger partial charge in [-0.3, -0.25) is 0 Å². The highest BCUT2D eigenvalue weighted by atomic mass is 35.5. The third-order valence-corrected chi connectivity index (χ3v) is 4.50. The third kappa shape index (κ3) is 2.32. The Bertz CT molecular complexity index is 384. The van der Waals surface area contributed by atoms with Crippen LogP contribution in [0.25, 0.3) is 0 Å². The summed E-state index contributed by atoms with van der Waals surface area (Å²) in [7, 11) is 0. The van der Waals surface area contributed by atoms with E-state index in [0.29, 0.717) is 16.3 Å². The van der Waals surface area contributed by atoms with Gasteiger partial charge in [0, 0.05) is 22.6 Å². The maximum absolute atomic E-state index is 5.91. The lowest BCUT2D eigenvalue weighted by Gasteiger charge is -2.44. The summed E-state index contributed by atoms with van der Waals surface area (Å²) < 4.78 is 0.235. The third-order valence-electron chi connectivity index (χ3n) is 2.51. The highest BCUT2D eigenvalue weighted by Crippen LogP contribution is 2.42. The number of anilines is 1. The van der Waals surface area contributed by atoms with Crippen molar-refractivity contribution in [3.05, 3.63) is 16.4 Å². The second-order valence-corrected chi connectivity index (χ2v) is 6.40. The topological polar surface area (TPSA) is 37.8 Å². The van der Waals surface area contributed by atoms with Crippen molar-refractivity contribution in [2.75, 3.05) is 11.1 Å². The van der Waals surface area contributed by atoms with Crippen LogP contribution in [0.15, 0.2) is 6.07 Å². The molecule has 15 heavy (non-hydrogen) atoms. The first-order valence-electron chi connectivity index (χ1n) is 4.58. The number of aromatic nitrogens is 2. The Kier molecular flexibility index (Phi) is 3.01. The van der Waals surface area contributed by atoms with Gasteiger partial charge in [0.2, 0.25) is 0 Å². The normalized spacial score (nSPS) is 23.3. The average Bonchev–Trinajstić information content (AvgIpc) is 2.18. The second-order valence-electron chi connectivity index (χ2n) is 3.98. The smallest absolute Gasteiger partial charge is 0.174 e. The van der Waals surface area contributed by atoms with Crippen LogP contribution in [0.3, 0.4) is 0 Å². The molecule has 1 unspecified atom stereocenters. The van der Waals surface area contributed by atoms with Gasteiger partial charge in [-0.05, 0) is 13.8 Å². The lowest BCUT2D eigenvalue weighted by Crippen LogP contribution is -2.50. The maximum Gasteiger partial charge on any atom is 0.174 e. The summed E-state index contributed by atoms with van der Waals surface area (Å²) in [5, 5.41) is 11.5. The summed E-state index contributed by atoms with van der Waals surface area (Å²) in [5.41, 5.74) is 0.759. The first-order chi connectivity index (χ1) is 6.99. The zero-order valence-electron chi connectivity index (χ0n) is 8.42. The number of nitrogens with one attached hydrogen (secondary N) is 1. The van der Waals surface area contributed by atoms with E-state index in [9.17, 15) is 0 Å². The fourth-order valence-corrected chi connectivity index (χ4v) is 2.79. The molecular weight excluding hydrogens is 253 g/mol. The Morgan fingerprint density at radius 3 is 2.73 bits per heavy atom. The lowest BCUT2D eigenvalue weighted by atomic mass is 10.0. The number of halogens is 2. The quantitative estimate of drug-likeness (QED) is 0.890. The number of nitrogens with zero attached hydrogens (tertiary/aromatic N) is 2. The van der Waals surface area contributed by atoms with Crippen LogP contribution in [-0.2, 0) is 0 Å². The van der Waals surface area contributed by atoms with Gasteiger partial charge >= 0.3 is 0 Å². The van der Waals surface area contributed by atoms with Crippen molar-refractivity contribution >= 4 is 40.7 Å². The van der Waals surface area contributed by atoms with Crippen molar-refractivity contribution in [3.63, 3.8) is 0 Å². The molecule has 1 saturated heterocycles. The zero-order chi connectivity index (χ0) is 11.1. The van der Waals surface area contributed by atoms with Crippen LogP contribution in [0.2, 0.25) is 10.3 Å². The van der Waals surface area contributed by atoms with E-state index in [1.165, 1.54) is 0 Å². The predicted octanol–water partition coefficient (Wildman–Crippen LogP) is 3.09. The van der Waals surface area contributed by atoms with Crippen molar-refractivity contribution in [2.45, 2.75) is 24.6 Å². The molecule has 1 N–H and O–H groups in total. The summed E-state index contributed by atoms with van der Waals surface area (Å²) in [5.74, 6) is 1.07. The summed E-state index contributed by atoms with van der Waals surface area (Å²) in [4.78, 5) is 0. The van der Waals surface area contributed by atoms with E-state index in [4.69, 9.17) is 23.2 Å². The number of hydrogen-bond acceptors (Lipinski definition) is 4. The average molecular weight is 264 g/mol. The van der Waals surface area contributed by atoms with Crippen molar-refractivity contribution in [3.8, 4) is 0 Å². The van der Waals surface area contributed by atoms with Crippen LogP contribution in [0.1, 0.15) is 13.8 Å². The Morgan fingerprint density at radius 2 is 2.20 bits per heavy atom. The summed E-state index contributed by atoms with van der Waals surface area (Å²) >= 11 is 13.6. The summed E-state index contributed by atoms with van der Waals surface area (Å²) in [6.07, 6.45) is 0. The first kappa shape index (κ1) is 11.3. The largest absolute Gasteiger partial charge is 0.377 e. The van der Waals surface area contributed by atoms with Gasteiger partial charge in [-0.1, -0.05) is 23.2 Å². The van der Waals surface area contributed by atoms with E-state index in [1.54, 1.807) is 6.07 Å². The van der Waals surface area contributed by atoms with E-state index in [1.807, 2.05) is 11.8 Å². The minimum Gasteiger partial charge on any atom is -0.377 e. The molecule has 0 radical (unpaired) electrons. The van der Waals surface area contributed by atoms with Gasteiger partial charge in [-0.25, -0.2) is 0 Å². The molecule has 1 aliphatic heterocycles. The highest BCUT2D eigenvalue weighted by molar-refractivity contribution is 8.02. The minimum absolute atomic E-state index is 0.235. The molecular formula is C9H11Cl2N3S. The number of hydrogen-bond donors (Lipinski definition) is 1. The molecule has 0 aliphatic carbocycles. The molecule has 1 aliphatic rings. The molecule has 0 spiro atoms. The number of rotatable bonds is 2. The Labute approximate surface area is 103 Å². The van der Waals surface area contributed by atoms with Gasteiger partial charge < -0.3 is 5.32 Å². The van der Waals surface area contributed by atoms with E-state index in [0.717, 1.165) is 11.4 Å². The zero-order valence-corrected chi connectivity index (χ0v) is 10.7. The fourth-order valence-electron chi connectivity index (χ4n) is 1.36. The molecule has 3 nitrogen and oxygen atoms in total. The molecule has 6 heteroatoms. The monoisotopic (exact) mass is 263 g/mol. The molecule has 1 aromatic heterocycles. The van der Waals surface area contributed by atoms with Gasteiger partial charge in [-0.15, -0.1) is 10.2 Å². The van der Waals surface area contributed by atoms with E-state index >= 15 is 0 Å².